The highest BCUT2D eigenvalue weighted by molar-refractivity contribution is 7.92. The van der Waals surface area contributed by atoms with Crippen molar-refractivity contribution in [3.8, 4) is 0 Å². The fourth-order valence-corrected chi connectivity index (χ4v) is 2.14. The Balaban J connectivity index is 3.88. The van der Waals surface area contributed by atoms with Crippen LogP contribution in [0.2, 0.25) is 0 Å². The number of amides is 1. The van der Waals surface area contributed by atoms with Gasteiger partial charge in [0.1, 0.15) is 5.75 Å². The third kappa shape index (κ3) is 6.53. The standard InChI is InChI=1S/C7H16N2O3S/c1-9-7(10)6-13(11,12)5-3-2-4-8/h2-6,8H2,1H3,(H,9,10). The zero-order valence-corrected chi connectivity index (χ0v) is 8.56. The van der Waals surface area contributed by atoms with Crippen LogP contribution in [0.25, 0.3) is 0 Å². The van der Waals surface area contributed by atoms with Crippen LogP contribution in [-0.2, 0) is 14.6 Å². The van der Waals surface area contributed by atoms with Gasteiger partial charge in [-0.15, -0.1) is 0 Å². The molecule has 0 radical (unpaired) electrons. The van der Waals surface area contributed by atoms with Crippen LogP contribution in [0.5, 0.6) is 0 Å². The maximum absolute atomic E-state index is 11.2. The highest BCUT2D eigenvalue weighted by Crippen LogP contribution is 1.96. The maximum Gasteiger partial charge on any atom is 0.234 e. The Morgan fingerprint density at radius 2 is 2.00 bits per heavy atom. The first kappa shape index (κ1) is 12.4. The fraction of sp³-hybridized carbons (Fsp3) is 0.857. The van der Waals surface area contributed by atoms with Gasteiger partial charge in [-0.3, -0.25) is 4.79 Å². The van der Waals surface area contributed by atoms with Crippen LogP contribution >= 0.6 is 0 Å². The van der Waals surface area contributed by atoms with Crippen LogP contribution in [0.15, 0.2) is 0 Å². The average molecular weight is 208 g/mol. The van der Waals surface area contributed by atoms with Crippen LogP contribution in [0.1, 0.15) is 12.8 Å². The van der Waals surface area contributed by atoms with E-state index in [9.17, 15) is 13.2 Å². The molecule has 0 aromatic heterocycles. The Kier molecular flexibility index (Phi) is 5.65. The van der Waals surface area contributed by atoms with E-state index in [2.05, 4.69) is 5.32 Å². The van der Waals surface area contributed by atoms with Gasteiger partial charge in [0.25, 0.3) is 0 Å². The lowest BCUT2D eigenvalue weighted by molar-refractivity contribution is -0.118. The number of nitrogens with two attached hydrogens (primary N) is 1. The second kappa shape index (κ2) is 5.93. The molecule has 0 unspecified atom stereocenters. The van der Waals surface area contributed by atoms with Crippen molar-refractivity contribution in [2.24, 2.45) is 5.73 Å². The van der Waals surface area contributed by atoms with Gasteiger partial charge in [-0.05, 0) is 19.4 Å². The zero-order valence-electron chi connectivity index (χ0n) is 7.75. The highest BCUT2D eigenvalue weighted by atomic mass is 32.2. The summed E-state index contributed by atoms with van der Waals surface area (Å²) in [5.74, 6) is -0.848. The minimum atomic E-state index is -3.23. The minimum Gasteiger partial charge on any atom is -0.358 e. The van der Waals surface area contributed by atoms with Gasteiger partial charge in [0.2, 0.25) is 5.91 Å². The van der Waals surface area contributed by atoms with Gasteiger partial charge in [-0.2, -0.15) is 0 Å². The second-order valence-corrected chi connectivity index (χ2v) is 4.95. The van der Waals surface area contributed by atoms with Crippen LogP contribution in [0.3, 0.4) is 0 Å². The largest absolute Gasteiger partial charge is 0.358 e. The van der Waals surface area contributed by atoms with E-state index in [1.807, 2.05) is 0 Å². The molecule has 78 valence electrons. The van der Waals surface area contributed by atoms with Crippen LogP contribution < -0.4 is 11.1 Å². The molecule has 0 heterocycles. The monoisotopic (exact) mass is 208 g/mol. The molecule has 0 aliphatic carbocycles. The lowest BCUT2D eigenvalue weighted by atomic mass is 10.3. The quantitative estimate of drug-likeness (QED) is 0.541. The summed E-state index contributed by atoms with van der Waals surface area (Å²) in [5.41, 5.74) is 5.21. The number of rotatable bonds is 6. The molecule has 0 aliphatic rings. The molecule has 0 aromatic carbocycles. The summed E-state index contributed by atoms with van der Waals surface area (Å²) in [6, 6.07) is 0. The lowest BCUT2D eigenvalue weighted by Gasteiger charge is -2.02. The number of nitrogens with one attached hydrogen (secondary N) is 1. The van der Waals surface area contributed by atoms with Crippen molar-refractivity contribution in [3.63, 3.8) is 0 Å². The SMILES string of the molecule is CNC(=O)CS(=O)(=O)CCCCN. The van der Waals surface area contributed by atoms with Gasteiger partial charge < -0.3 is 11.1 Å². The molecule has 0 spiro atoms. The Bertz CT molecular complexity index is 248. The van der Waals surface area contributed by atoms with Crippen molar-refractivity contribution in [2.75, 3.05) is 25.1 Å². The van der Waals surface area contributed by atoms with Gasteiger partial charge in [-0.25, -0.2) is 8.42 Å². The van der Waals surface area contributed by atoms with E-state index in [1.54, 1.807) is 0 Å². The normalized spacial score (nSPS) is 11.2. The van der Waals surface area contributed by atoms with E-state index in [4.69, 9.17) is 5.73 Å². The second-order valence-electron chi connectivity index (χ2n) is 2.76. The van der Waals surface area contributed by atoms with Crippen molar-refractivity contribution in [1.82, 2.24) is 5.32 Å². The van der Waals surface area contributed by atoms with Gasteiger partial charge in [-0.1, -0.05) is 0 Å². The molecule has 0 rings (SSSR count). The first-order valence-electron chi connectivity index (χ1n) is 4.13. The van der Waals surface area contributed by atoms with E-state index in [1.165, 1.54) is 7.05 Å². The van der Waals surface area contributed by atoms with Gasteiger partial charge in [0.05, 0.1) is 5.75 Å². The predicted molar refractivity (Wildman–Crippen MR) is 51.0 cm³/mol. The molecule has 0 saturated carbocycles. The molecule has 0 saturated heterocycles. The van der Waals surface area contributed by atoms with Gasteiger partial charge in [0.15, 0.2) is 9.84 Å². The Morgan fingerprint density at radius 3 is 2.46 bits per heavy atom. The molecule has 13 heavy (non-hydrogen) atoms. The summed E-state index contributed by atoms with van der Waals surface area (Å²) in [5, 5.41) is 2.27. The summed E-state index contributed by atoms with van der Waals surface area (Å²) in [6.07, 6.45) is 1.20. The van der Waals surface area contributed by atoms with Crippen LogP contribution in [0.4, 0.5) is 0 Å². The van der Waals surface area contributed by atoms with E-state index >= 15 is 0 Å². The van der Waals surface area contributed by atoms with E-state index in [0.29, 0.717) is 19.4 Å². The predicted octanol–water partition coefficient (Wildman–Crippen LogP) is -1.11. The molecule has 5 nitrogen and oxygen atoms in total. The molecule has 0 aromatic rings. The Labute approximate surface area is 78.6 Å². The number of hydrogen-bond acceptors (Lipinski definition) is 4. The van der Waals surface area contributed by atoms with Gasteiger partial charge >= 0.3 is 0 Å². The third-order valence-corrected chi connectivity index (χ3v) is 3.15. The maximum atomic E-state index is 11.2. The van der Waals surface area contributed by atoms with E-state index in [0.717, 1.165) is 0 Å². The van der Waals surface area contributed by atoms with Crippen molar-refractivity contribution >= 4 is 15.7 Å². The molecule has 0 aliphatic heterocycles. The van der Waals surface area contributed by atoms with Crippen LogP contribution in [0, 0.1) is 0 Å². The molecule has 6 heteroatoms. The summed E-state index contributed by atoms with van der Waals surface area (Å²) in [4.78, 5) is 10.7. The molecule has 0 fully saturated rings. The fourth-order valence-electron chi connectivity index (χ4n) is 0.810. The lowest BCUT2D eigenvalue weighted by Crippen LogP contribution is -2.28. The summed E-state index contributed by atoms with van der Waals surface area (Å²) < 4.78 is 22.3. The molecule has 0 bridgehead atoms. The molecule has 0 atom stereocenters. The molecule has 1 amide bonds. The van der Waals surface area contributed by atoms with Gasteiger partial charge in [0, 0.05) is 7.05 Å². The van der Waals surface area contributed by atoms with Crippen molar-refractivity contribution in [3.05, 3.63) is 0 Å². The minimum absolute atomic E-state index is 0.0393. The van der Waals surface area contributed by atoms with Crippen LogP contribution in [-0.4, -0.2) is 39.4 Å². The number of unbranched alkanes of at least 4 members (excludes halogenated alkanes) is 1. The summed E-state index contributed by atoms with van der Waals surface area (Å²) in [6.45, 7) is 0.482. The summed E-state index contributed by atoms with van der Waals surface area (Å²) in [7, 11) is -1.82. The Hall–Kier alpha value is -0.620. The zero-order chi connectivity index (χ0) is 10.3. The number of hydrogen-bond donors (Lipinski definition) is 2. The highest BCUT2D eigenvalue weighted by Gasteiger charge is 2.14. The molecular formula is C7H16N2O3S. The topological polar surface area (TPSA) is 89.3 Å². The first-order valence-corrected chi connectivity index (χ1v) is 5.95. The molecular weight excluding hydrogens is 192 g/mol. The smallest absolute Gasteiger partial charge is 0.234 e. The van der Waals surface area contributed by atoms with Crippen molar-refractivity contribution < 1.29 is 13.2 Å². The third-order valence-electron chi connectivity index (χ3n) is 1.54. The number of carbonyl (C=O) groups excluding carboxylic acids is 1. The van der Waals surface area contributed by atoms with E-state index < -0.39 is 21.5 Å². The number of sulfone groups is 1. The van der Waals surface area contributed by atoms with E-state index in [-0.39, 0.29) is 5.75 Å². The first-order chi connectivity index (χ1) is 6.02. The Morgan fingerprint density at radius 1 is 1.38 bits per heavy atom. The summed E-state index contributed by atoms with van der Waals surface area (Å²) >= 11 is 0. The molecule has 3 N–H and O–H groups in total. The van der Waals surface area contributed by atoms with Crippen molar-refractivity contribution in [2.45, 2.75) is 12.8 Å². The average Bonchev–Trinajstić information content (AvgIpc) is 2.03. The van der Waals surface area contributed by atoms with Crippen molar-refractivity contribution in [1.29, 1.82) is 0 Å². The number of carbonyl (C=O) groups is 1.